The van der Waals surface area contributed by atoms with Crippen molar-refractivity contribution in [2.24, 2.45) is 4.99 Å². The van der Waals surface area contributed by atoms with Crippen LogP contribution < -0.4 is 5.32 Å². The summed E-state index contributed by atoms with van der Waals surface area (Å²) >= 11 is 12.1. The normalized spacial score (nSPS) is 20.1. The number of alkyl halides is 4. The number of halogens is 5. The van der Waals surface area contributed by atoms with Gasteiger partial charge in [0.2, 0.25) is 0 Å². The third-order valence-corrected chi connectivity index (χ3v) is 4.29. The van der Waals surface area contributed by atoms with E-state index in [4.69, 9.17) is 23.2 Å². The molecule has 0 amide bonds. The molecule has 2 atom stereocenters. The Bertz CT molecular complexity index is 912. The molecule has 1 aromatic carbocycles. The Morgan fingerprint density at radius 1 is 1.23 bits per heavy atom. The molecule has 0 saturated heterocycles. The number of anilines is 1. The van der Waals surface area contributed by atoms with Gasteiger partial charge < -0.3 is 5.32 Å². The molecule has 136 valence electrons. The molecule has 2 unspecified atom stereocenters. The topological polar surface area (TPSA) is 46.5 Å². The van der Waals surface area contributed by atoms with E-state index in [-0.39, 0.29) is 0 Å². The molecule has 0 radical (unpaired) electrons. The van der Waals surface area contributed by atoms with Gasteiger partial charge in [-0.3, -0.25) is 9.73 Å². The van der Waals surface area contributed by atoms with Gasteiger partial charge in [0.25, 0.3) is 0 Å². The number of aliphatic imine (C=N–C) groups is 1. The summed E-state index contributed by atoms with van der Waals surface area (Å²) in [5, 5.41) is 3.19. The van der Waals surface area contributed by atoms with Crippen LogP contribution in [0.5, 0.6) is 0 Å². The van der Waals surface area contributed by atoms with Crippen LogP contribution in [0.3, 0.4) is 0 Å². The summed E-state index contributed by atoms with van der Waals surface area (Å²) in [6.45, 7) is 3.51. The molecular formula is C17H12Cl2F3N3O. The summed E-state index contributed by atoms with van der Waals surface area (Å²) in [5.41, 5.74) is 1.67. The molecule has 1 heterocycles. The number of nitrogens with one attached hydrogen (secondary N) is 1. The summed E-state index contributed by atoms with van der Waals surface area (Å²) in [5.74, 6) is 0.454. The van der Waals surface area contributed by atoms with Crippen LogP contribution in [0.4, 0.5) is 24.7 Å². The third kappa shape index (κ3) is 4.17. The van der Waals surface area contributed by atoms with Gasteiger partial charge >= 0.3 is 6.36 Å². The largest absolute Gasteiger partial charge is 0.523 e. The molecule has 0 saturated carbocycles. The van der Waals surface area contributed by atoms with Gasteiger partial charge in [0.15, 0.2) is 0 Å². The number of benzene rings is 1. The van der Waals surface area contributed by atoms with Crippen molar-refractivity contribution >= 4 is 52.3 Å². The molecule has 3 rings (SSSR count). The molecule has 1 aliphatic carbocycles. The lowest BCUT2D eigenvalue weighted by Gasteiger charge is -2.23. The molecule has 0 fully saturated rings. The average molecular weight is 402 g/mol. The predicted octanol–water partition coefficient (Wildman–Crippen LogP) is 5.60. The first-order chi connectivity index (χ1) is 12.3. The minimum atomic E-state index is -4.76. The van der Waals surface area contributed by atoms with Crippen molar-refractivity contribution in [1.82, 2.24) is 4.98 Å². The van der Waals surface area contributed by atoms with Gasteiger partial charge in [-0.25, -0.2) is 4.98 Å². The second-order valence-electron chi connectivity index (χ2n) is 5.40. The van der Waals surface area contributed by atoms with Crippen LogP contribution in [0.25, 0.3) is 10.9 Å². The lowest BCUT2D eigenvalue weighted by molar-refractivity contribution is -0.335. The number of hydrogen-bond acceptors (Lipinski definition) is 4. The van der Waals surface area contributed by atoms with Gasteiger partial charge in [-0.15, -0.1) is 24.8 Å². The van der Waals surface area contributed by atoms with Gasteiger partial charge in [0.05, 0.1) is 21.6 Å². The van der Waals surface area contributed by atoms with Crippen LogP contribution in [0.2, 0.25) is 5.02 Å². The molecular weight excluding hydrogens is 390 g/mol. The second-order valence-corrected chi connectivity index (χ2v) is 6.31. The Kier molecular flexibility index (Phi) is 5.22. The van der Waals surface area contributed by atoms with Crippen LogP contribution in [0, 0.1) is 0 Å². The smallest absolute Gasteiger partial charge is 0.340 e. The number of hydrogen-bond donors (Lipinski definition) is 1. The summed E-state index contributed by atoms with van der Waals surface area (Å²) in [6, 6.07) is 6.88. The lowest BCUT2D eigenvalue weighted by atomic mass is 10.1. The first kappa shape index (κ1) is 18.7. The molecule has 1 aromatic heterocycles. The highest BCUT2D eigenvalue weighted by Gasteiger charge is 2.35. The standard InChI is InChI=1S/C17H12Cl2F3N3O/c1-23-13-5-4-11(18)16-10(13)3-7-15(25-16)24-9-2-6-14(12(19)8-9)26-17(20,21)22/h2-8,12,14H,1H2,(H,24,25). The SMILES string of the molecule is C=Nc1ccc(Cl)c2nc(NC3=CC(Cl)C(OC(F)(F)F)C=C3)ccc12. The molecule has 4 nitrogen and oxygen atoms in total. The zero-order valence-corrected chi connectivity index (χ0v) is 14.6. The van der Waals surface area contributed by atoms with Crippen molar-refractivity contribution in [2.75, 3.05) is 5.32 Å². The fourth-order valence-corrected chi connectivity index (χ4v) is 2.97. The van der Waals surface area contributed by atoms with Crippen LogP contribution >= 0.6 is 23.2 Å². The van der Waals surface area contributed by atoms with Gasteiger partial charge in [0.1, 0.15) is 11.9 Å². The summed E-state index contributed by atoms with van der Waals surface area (Å²) in [6.07, 6.45) is -1.93. The maximum atomic E-state index is 12.3. The quantitative estimate of drug-likeness (QED) is 0.535. The number of pyridine rings is 1. The van der Waals surface area contributed by atoms with Crippen LogP contribution in [0.1, 0.15) is 0 Å². The summed E-state index contributed by atoms with van der Waals surface area (Å²) in [7, 11) is 0. The van der Waals surface area contributed by atoms with Gasteiger partial charge in [-0.05, 0) is 43.1 Å². The number of allylic oxidation sites excluding steroid dienone is 1. The third-order valence-electron chi connectivity index (χ3n) is 3.62. The number of rotatable bonds is 4. The van der Waals surface area contributed by atoms with Crippen molar-refractivity contribution in [1.29, 1.82) is 0 Å². The molecule has 0 aliphatic heterocycles. The molecule has 0 bridgehead atoms. The Balaban J connectivity index is 1.82. The Labute approximate surface area is 157 Å². The Morgan fingerprint density at radius 2 is 2.00 bits per heavy atom. The van der Waals surface area contributed by atoms with E-state index in [9.17, 15) is 13.2 Å². The average Bonchev–Trinajstić information content (AvgIpc) is 2.57. The second kappa shape index (κ2) is 7.26. The number of fused-ring (bicyclic) bond motifs is 1. The number of ether oxygens (including phenoxy) is 1. The molecule has 1 aliphatic rings. The van der Waals surface area contributed by atoms with E-state index in [1.165, 1.54) is 18.2 Å². The van der Waals surface area contributed by atoms with E-state index < -0.39 is 17.8 Å². The van der Waals surface area contributed by atoms with Gasteiger partial charge in [-0.1, -0.05) is 17.7 Å². The van der Waals surface area contributed by atoms with Crippen molar-refractivity contribution in [3.8, 4) is 0 Å². The van der Waals surface area contributed by atoms with E-state index in [1.807, 2.05) is 0 Å². The van der Waals surface area contributed by atoms with E-state index >= 15 is 0 Å². The Morgan fingerprint density at radius 3 is 2.65 bits per heavy atom. The molecule has 2 aromatic rings. The first-order valence-corrected chi connectivity index (χ1v) is 8.20. The zero-order valence-electron chi connectivity index (χ0n) is 13.1. The number of aromatic nitrogens is 1. The molecule has 0 spiro atoms. The minimum absolute atomic E-state index is 0.443. The number of nitrogens with zero attached hydrogens (tertiary/aromatic N) is 2. The molecule has 26 heavy (non-hydrogen) atoms. The maximum absolute atomic E-state index is 12.3. The highest BCUT2D eigenvalue weighted by atomic mass is 35.5. The van der Waals surface area contributed by atoms with Crippen molar-refractivity contribution in [3.63, 3.8) is 0 Å². The van der Waals surface area contributed by atoms with Gasteiger partial charge in [-0.2, -0.15) is 0 Å². The Hall–Kier alpha value is -2.09. The monoisotopic (exact) mass is 401 g/mol. The van der Waals surface area contributed by atoms with E-state index in [0.29, 0.717) is 27.7 Å². The van der Waals surface area contributed by atoms with Crippen molar-refractivity contribution in [2.45, 2.75) is 17.8 Å². The summed E-state index contributed by atoms with van der Waals surface area (Å²) < 4.78 is 40.9. The van der Waals surface area contributed by atoms with Gasteiger partial charge in [0, 0.05) is 11.1 Å². The van der Waals surface area contributed by atoms with Crippen molar-refractivity contribution in [3.05, 3.63) is 53.2 Å². The fourth-order valence-electron chi connectivity index (χ4n) is 2.49. The van der Waals surface area contributed by atoms with E-state index in [0.717, 1.165) is 5.39 Å². The predicted molar refractivity (Wildman–Crippen MR) is 97.4 cm³/mol. The lowest BCUT2D eigenvalue weighted by Crippen LogP contribution is -2.30. The highest BCUT2D eigenvalue weighted by molar-refractivity contribution is 6.35. The van der Waals surface area contributed by atoms with Crippen LogP contribution in [0.15, 0.2) is 53.2 Å². The van der Waals surface area contributed by atoms with Crippen LogP contribution in [-0.4, -0.2) is 29.5 Å². The summed E-state index contributed by atoms with van der Waals surface area (Å²) in [4.78, 5) is 8.34. The fraction of sp³-hybridized carbons (Fsp3) is 0.176. The van der Waals surface area contributed by atoms with Crippen LogP contribution in [-0.2, 0) is 4.74 Å². The molecule has 1 N–H and O–H groups in total. The minimum Gasteiger partial charge on any atom is -0.340 e. The first-order valence-electron chi connectivity index (χ1n) is 7.38. The maximum Gasteiger partial charge on any atom is 0.523 e. The molecule has 9 heteroatoms. The van der Waals surface area contributed by atoms with E-state index in [2.05, 4.69) is 26.7 Å². The zero-order chi connectivity index (χ0) is 18.9. The highest BCUT2D eigenvalue weighted by Crippen LogP contribution is 2.32. The van der Waals surface area contributed by atoms with E-state index in [1.54, 1.807) is 24.3 Å². The van der Waals surface area contributed by atoms with Crippen molar-refractivity contribution < 1.29 is 17.9 Å².